The van der Waals surface area contributed by atoms with Crippen LogP contribution in [0, 0.1) is 0 Å². The molecule has 1 unspecified atom stereocenters. The van der Waals surface area contributed by atoms with Crippen LogP contribution in [-0.2, 0) is 4.79 Å². The van der Waals surface area contributed by atoms with Gasteiger partial charge in [-0.05, 0) is 79.2 Å². The first kappa shape index (κ1) is 28.7. The highest BCUT2D eigenvalue weighted by Gasteiger charge is 2.17. The molecule has 5 nitrogen and oxygen atoms in total. The van der Waals surface area contributed by atoms with Crippen molar-refractivity contribution in [3.05, 3.63) is 65.1 Å². The minimum absolute atomic E-state index is 0.341. The van der Waals surface area contributed by atoms with Gasteiger partial charge in [0.15, 0.2) is 0 Å². The number of hydrogen-bond acceptors (Lipinski definition) is 5. The molecule has 1 aromatic rings. The molecular weight excluding hydrogens is 430 g/mol. The van der Waals surface area contributed by atoms with Crippen LogP contribution in [0.4, 0.5) is 5.95 Å². The number of carboxylic acid groups (broad SMARTS) is 1. The second kappa shape index (κ2) is 17.2. The van der Waals surface area contributed by atoms with Crippen LogP contribution >= 0.6 is 11.8 Å². The molecule has 1 heterocycles. The Balaban J connectivity index is 2.27. The van der Waals surface area contributed by atoms with Crippen LogP contribution in [0.3, 0.4) is 0 Å². The van der Waals surface area contributed by atoms with Crippen LogP contribution in [-0.4, -0.2) is 38.6 Å². The van der Waals surface area contributed by atoms with E-state index in [1.807, 2.05) is 0 Å². The van der Waals surface area contributed by atoms with E-state index in [9.17, 15) is 9.90 Å². The van der Waals surface area contributed by atoms with E-state index in [-0.39, 0.29) is 0 Å². The van der Waals surface area contributed by atoms with Crippen LogP contribution in [0.25, 0.3) is 0 Å². The molecule has 1 aromatic heterocycles. The summed E-state index contributed by atoms with van der Waals surface area (Å²) in [5, 5.41) is 12.3. The van der Waals surface area contributed by atoms with Crippen molar-refractivity contribution in [1.82, 2.24) is 9.97 Å². The lowest BCUT2D eigenvalue weighted by Gasteiger charge is -2.13. The number of thioether (sulfide) groups is 1. The number of nitrogens with one attached hydrogen (secondary N) is 1. The Morgan fingerprint density at radius 2 is 1.42 bits per heavy atom. The van der Waals surface area contributed by atoms with Crippen molar-refractivity contribution >= 4 is 23.7 Å². The average molecular weight is 472 g/mol. The molecule has 0 saturated heterocycles. The van der Waals surface area contributed by atoms with E-state index < -0.39 is 12.0 Å². The van der Waals surface area contributed by atoms with Gasteiger partial charge in [0.05, 0.1) is 0 Å². The van der Waals surface area contributed by atoms with Crippen molar-refractivity contribution in [3.63, 3.8) is 0 Å². The number of hydrogen-bond donors (Lipinski definition) is 2. The highest BCUT2D eigenvalue weighted by atomic mass is 32.2. The molecule has 1 atom stereocenters. The molecule has 0 aliphatic rings. The summed E-state index contributed by atoms with van der Waals surface area (Å²) < 4.78 is 0. The molecule has 0 fully saturated rings. The first-order chi connectivity index (χ1) is 15.8. The number of allylic oxidation sites excluding steroid dienone is 7. The Bertz CT molecular complexity index is 825. The van der Waals surface area contributed by atoms with E-state index in [2.05, 4.69) is 74.2 Å². The van der Waals surface area contributed by atoms with E-state index in [0.717, 1.165) is 44.3 Å². The fraction of sp³-hybridized carbons (Fsp3) is 0.519. The lowest BCUT2D eigenvalue weighted by molar-refractivity contribution is -0.137. The van der Waals surface area contributed by atoms with Gasteiger partial charge >= 0.3 is 5.97 Å². The van der Waals surface area contributed by atoms with Gasteiger partial charge in [0, 0.05) is 23.9 Å². The summed E-state index contributed by atoms with van der Waals surface area (Å²) in [6.45, 7) is 10.9. The van der Waals surface area contributed by atoms with Crippen LogP contribution in [0.2, 0.25) is 0 Å². The van der Waals surface area contributed by atoms with Crippen LogP contribution in [0.1, 0.15) is 73.1 Å². The maximum atomic E-state index is 11.5. The van der Waals surface area contributed by atoms with E-state index in [1.165, 1.54) is 22.3 Å². The maximum Gasteiger partial charge on any atom is 0.327 e. The molecule has 0 aliphatic heterocycles. The number of aromatic nitrogens is 2. The van der Waals surface area contributed by atoms with Crippen molar-refractivity contribution in [1.29, 1.82) is 0 Å². The molecule has 0 aliphatic carbocycles. The molecule has 0 amide bonds. The van der Waals surface area contributed by atoms with Gasteiger partial charge in [-0.2, -0.15) is 11.8 Å². The van der Waals surface area contributed by atoms with Crippen molar-refractivity contribution in [2.24, 2.45) is 0 Å². The Morgan fingerprint density at radius 1 is 0.909 bits per heavy atom. The standard InChI is InChI=1S/C27H41N3O2S/c1-21(2)10-6-11-22(3)12-7-13-23(4)14-8-15-24(5)16-19-33-20-25(26(31)32)30-27-28-17-9-18-29-27/h9-10,12,14,16-18,25H,6-8,11,13,15,19-20H2,1-5H3,(H,31,32)(H,28,29,30). The second-order valence-corrected chi connectivity index (χ2v) is 9.77. The molecule has 1 rings (SSSR count). The van der Waals surface area contributed by atoms with Crippen molar-refractivity contribution in [3.8, 4) is 0 Å². The summed E-state index contributed by atoms with van der Waals surface area (Å²) in [4.78, 5) is 19.5. The fourth-order valence-electron chi connectivity index (χ4n) is 3.08. The van der Waals surface area contributed by atoms with Crippen LogP contribution in [0.5, 0.6) is 0 Å². The molecule has 0 spiro atoms. The summed E-state index contributed by atoms with van der Waals surface area (Å²) >= 11 is 1.60. The quantitative estimate of drug-likeness (QED) is 0.196. The highest BCUT2D eigenvalue weighted by molar-refractivity contribution is 7.99. The smallest absolute Gasteiger partial charge is 0.327 e. The van der Waals surface area contributed by atoms with E-state index in [1.54, 1.807) is 30.2 Å². The highest BCUT2D eigenvalue weighted by Crippen LogP contribution is 2.15. The summed E-state index contributed by atoms with van der Waals surface area (Å²) in [6, 6.07) is 0.994. The number of carboxylic acids is 1. The number of anilines is 1. The van der Waals surface area contributed by atoms with Gasteiger partial charge in [0.1, 0.15) is 6.04 Å². The Labute approximate surface area is 204 Å². The Hall–Kier alpha value is -2.34. The van der Waals surface area contributed by atoms with Crippen LogP contribution in [0.15, 0.2) is 65.1 Å². The minimum Gasteiger partial charge on any atom is -0.480 e. The zero-order valence-electron chi connectivity index (χ0n) is 20.9. The van der Waals surface area contributed by atoms with Crippen molar-refractivity contribution in [2.75, 3.05) is 16.8 Å². The number of rotatable bonds is 16. The lowest BCUT2D eigenvalue weighted by atomic mass is 10.0. The van der Waals surface area contributed by atoms with E-state index in [4.69, 9.17) is 0 Å². The zero-order chi connectivity index (χ0) is 24.5. The summed E-state index contributed by atoms with van der Waals surface area (Å²) in [6.07, 6.45) is 19.0. The van der Waals surface area contributed by atoms with E-state index >= 15 is 0 Å². The molecule has 0 bridgehead atoms. The van der Waals surface area contributed by atoms with Gasteiger partial charge in [-0.1, -0.05) is 46.6 Å². The Kier molecular flexibility index (Phi) is 14.9. The molecule has 182 valence electrons. The van der Waals surface area contributed by atoms with Gasteiger partial charge in [-0.15, -0.1) is 0 Å². The van der Waals surface area contributed by atoms with Crippen molar-refractivity contribution < 1.29 is 9.90 Å². The van der Waals surface area contributed by atoms with Gasteiger partial charge in [0.2, 0.25) is 5.95 Å². The zero-order valence-corrected chi connectivity index (χ0v) is 21.8. The SMILES string of the molecule is CC(C)=CCCC(C)=CCCC(C)=CCCC(C)=CCSCC(Nc1ncccn1)C(=O)O. The molecule has 0 aromatic carbocycles. The third-order valence-electron chi connectivity index (χ3n) is 5.16. The third kappa shape index (κ3) is 15.2. The third-order valence-corrected chi connectivity index (χ3v) is 6.13. The molecular formula is C27H41N3O2S. The summed E-state index contributed by atoms with van der Waals surface area (Å²) in [5.41, 5.74) is 5.66. The number of aliphatic carboxylic acids is 1. The predicted octanol–water partition coefficient (Wildman–Crippen LogP) is 7.22. The predicted molar refractivity (Wildman–Crippen MR) is 143 cm³/mol. The largest absolute Gasteiger partial charge is 0.480 e. The molecule has 6 heteroatoms. The summed E-state index contributed by atoms with van der Waals surface area (Å²) in [7, 11) is 0. The van der Waals surface area contributed by atoms with Crippen LogP contribution < -0.4 is 5.32 Å². The molecule has 0 radical (unpaired) electrons. The van der Waals surface area contributed by atoms with Gasteiger partial charge in [-0.3, -0.25) is 0 Å². The lowest BCUT2D eigenvalue weighted by Crippen LogP contribution is -2.32. The molecule has 2 N–H and O–H groups in total. The summed E-state index contributed by atoms with van der Waals surface area (Å²) in [5.74, 6) is 0.701. The molecule has 33 heavy (non-hydrogen) atoms. The topological polar surface area (TPSA) is 75.1 Å². The average Bonchev–Trinajstić information content (AvgIpc) is 2.76. The van der Waals surface area contributed by atoms with E-state index in [0.29, 0.717) is 11.7 Å². The Morgan fingerprint density at radius 3 is 1.94 bits per heavy atom. The maximum absolute atomic E-state index is 11.5. The first-order valence-corrected chi connectivity index (χ1v) is 12.9. The van der Waals surface area contributed by atoms with Gasteiger partial charge in [-0.25, -0.2) is 14.8 Å². The van der Waals surface area contributed by atoms with Gasteiger partial charge < -0.3 is 10.4 Å². The number of nitrogens with zero attached hydrogens (tertiary/aromatic N) is 2. The minimum atomic E-state index is -0.894. The fourth-order valence-corrected chi connectivity index (χ4v) is 4.08. The van der Waals surface area contributed by atoms with Crippen molar-refractivity contribution in [2.45, 2.75) is 79.2 Å². The normalized spacial score (nSPS) is 13.5. The van der Waals surface area contributed by atoms with Gasteiger partial charge in [0.25, 0.3) is 0 Å². The number of carbonyl (C=O) groups is 1. The molecule has 0 saturated carbocycles. The monoisotopic (exact) mass is 471 g/mol. The first-order valence-electron chi connectivity index (χ1n) is 11.7. The second-order valence-electron chi connectivity index (χ2n) is 8.69.